The molecule has 0 aliphatic heterocycles. The lowest BCUT2D eigenvalue weighted by Gasteiger charge is -2.17. The van der Waals surface area contributed by atoms with Crippen molar-refractivity contribution in [3.8, 4) is 0 Å². The molecule has 0 heterocycles. The molecule has 3 atom stereocenters. The summed E-state index contributed by atoms with van der Waals surface area (Å²) < 4.78 is 9.57. The van der Waals surface area contributed by atoms with E-state index in [4.69, 9.17) is 9.84 Å². The molecule has 0 aromatic carbocycles. The third-order valence-corrected chi connectivity index (χ3v) is 2.74. The van der Waals surface area contributed by atoms with Gasteiger partial charge in [0.2, 0.25) is 5.91 Å². The second kappa shape index (κ2) is 9.52. The van der Waals surface area contributed by atoms with E-state index in [9.17, 15) is 9.59 Å². The van der Waals surface area contributed by atoms with E-state index in [0.29, 0.717) is 0 Å². The van der Waals surface area contributed by atoms with E-state index in [1.807, 2.05) is 6.92 Å². The van der Waals surface area contributed by atoms with Crippen LogP contribution in [-0.4, -0.2) is 50.0 Å². The summed E-state index contributed by atoms with van der Waals surface area (Å²) in [4.78, 5) is 22.6. The molecule has 0 aliphatic rings. The molecule has 0 rings (SSSR count). The SMILES string of the molecule is COC(=O)[C@H](C)NC(=O)C/C=C/[C@H](C)[C@H](CO)OC. The van der Waals surface area contributed by atoms with Crippen LogP contribution in [0.5, 0.6) is 0 Å². The number of ether oxygens (including phenoxy) is 2. The number of nitrogens with one attached hydrogen (secondary N) is 1. The smallest absolute Gasteiger partial charge is 0.328 e. The first kappa shape index (κ1) is 17.6. The highest BCUT2D eigenvalue weighted by molar-refractivity contribution is 5.84. The van der Waals surface area contributed by atoms with Crippen molar-refractivity contribution in [3.63, 3.8) is 0 Å². The molecule has 110 valence electrons. The molecule has 0 spiro atoms. The van der Waals surface area contributed by atoms with E-state index in [1.165, 1.54) is 14.2 Å². The predicted molar refractivity (Wildman–Crippen MR) is 70.4 cm³/mol. The van der Waals surface area contributed by atoms with E-state index in [-0.39, 0.29) is 31.0 Å². The summed E-state index contributed by atoms with van der Waals surface area (Å²) in [7, 11) is 2.79. The zero-order valence-electron chi connectivity index (χ0n) is 11.9. The van der Waals surface area contributed by atoms with E-state index in [0.717, 1.165) is 0 Å². The van der Waals surface area contributed by atoms with Crippen LogP contribution in [0.4, 0.5) is 0 Å². The molecular formula is C13H23NO5. The molecule has 0 unspecified atom stereocenters. The van der Waals surface area contributed by atoms with Crippen LogP contribution in [0.25, 0.3) is 0 Å². The number of methoxy groups -OCH3 is 2. The summed E-state index contributed by atoms with van der Waals surface area (Å²) >= 11 is 0. The average molecular weight is 273 g/mol. The second-order valence-corrected chi connectivity index (χ2v) is 4.26. The second-order valence-electron chi connectivity index (χ2n) is 4.26. The third-order valence-electron chi connectivity index (χ3n) is 2.74. The van der Waals surface area contributed by atoms with Crippen LogP contribution >= 0.6 is 0 Å². The van der Waals surface area contributed by atoms with Gasteiger partial charge in [-0.05, 0) is 6.92 Å². The molecule has 0 saturated heterocycles. The van der Waals surface area contributed by atoms with Crippen LogP contribution in [0.2, 0.25) is 0 Å². The molecule has 2 N–H and O–H groups in total. The van der Waals surface area contributed by atoms with Gasteiger partial charge in [-0.2, -0.15) is 0 Å². The van der Waals surface area contributed by atoms with E-state index in [2.05, 4.69) is 10.1 Å². The summed E-state index contributed by atoms with van der Waals surface area (Å²) in [5, 5.41) is 11.5. The zero-order chi connectivity index (χ0) is 14.8. The lowest BCUT2D eigenvalue weighted by molar-refractivity contribution is -0.144. The maximum absolute atomic E-state index is 11.5. The Labute approximate surface area is 113 Å². The van der Waals surface area contributed by atoms with E-state index in [1.54, 1.807) is 19.1 Å². The van der Waals surface area contributed by atoms with Crippen LogP contribution in [0.15, 0.2) is 12.2 Å². The molecule has 6 nitrogen and oxygen atoms in total. The van der Waals surface area contributed by atoms with Crippen molar-refractivity contribution in [3.05, 3.63) is 12.2 Å². The summed E-state index contributed by atoms with van der Waals surface area (Å²) in [6.45, 7) is 3.37. The van der Waals surface area contributed by atoms with Crippen molar-refractivity contribution in [1.82, 2.24) is 5.32 Å². The van der Waals surface area contributed by atoms with Crippen molar-refractivity contribution in [1.29, 1.82) is 0 Å². The highest BCUT2D eigenvalue weighted by Gasteiger charge is 2.15. The lowest BCUT2D eigenvalue weighted by atomic mass is 10.0. The minimum Gasteiger partial charge on any atom is -0.467 e. The Balaban J connectivity index is 4.12. The van der Waals surface area contributed by atoms with Crippen molar-refractivity contribution in [2.45, 2.75) is 32.4 Å². The monoisotopic (exact) mass is 273 g/mol. The lowest BCUT2D eigenvalue weighted by Crippen LogP contribution is -2.38. The number of carbonyl (C=O) groups excluding carboxylic acids is 2. The van der Waals surface area contributed by atoms with Gasteiger partial charge in [-0.25, -0.2) is 4.79 Å². The van der Waals surface area contributed by atoms with Crippen molar-refractivity contribution >= 4 is 11.9 Å². The highest BCUT2D eigenvalue weighted by atomic mass is 16.5. The number of carbonyl (C=O) groups is 2. The average Bonchev–Trinajstić information content (AvgIpc) is 2.38. The fourth-order valence-electron chi connectivity index (χ4n) is 1.51. The number of aliphatic hydroxyl groups is 1. The Morgan fingerprint density at radius 1 is 1.32 bits per heavy atom. The molecule has 0 fully saturated rings. The Kier molecular flexibility index (Phi) is 8.82. The quantitative estimate of drug-likeness (QED) is 0.489. The van der Waals surface area contributed by atoms with Crippen LogP contribution in [0, 0.1) is 5.92 Å². The van der Waals surface area contributed by atoms with Gasteiger partial charge in [-0.1, -0.05) is 19.1 Å². The summed E-state index contributed by atoms with van der Waals surface area (Å²) in [5.74, 6) is -0.745. The predicted octanol–water partition coefficient (Wildman–Crippen LogP) is 0.254. The molecule has 1 amide bonds. The van der Waals surface area contributed by atoms with Gasteiger partial charge >= 0.3 is 5.97 Å². The molecule has 0 bridgehead atoms. The zero-order valence-corrected chi connectivity index (χ0v) is 11.9. The molecule has 0 saturated carbocycles. The van der Waals surface area contributed by atoms with E-state index < -0.39 is 12.0 Å². The maximum atomic E-state index is 11.5. The standard InChI is InChI=1S/C13H23NO5/c1-9(11(8-15)18-3)6-5-7-12(16)14-10(2)13(17)19-4/h5-6,9-11,15H,7-8H2,1-4H3,(H,14,16)/b6-5+/t9-,10-,11-/m0/s1. The number of amides is 1. The van der Waals surface area contributed by atoms with Crippen LogP contribution < -0.4 is 5.32 Å². The number of hydrogen-bond acceptors (Lipinski definition) is 5. The van der Waals surface area contributed by atoms with Crippen LogP contribution in [0.1, 0.15) is 20.3 Å². The fourth-order valence-corrected chi connectivity index (χ4v) is 1.51. The van der Waals surface area contributed by atoms with Crippen molar-refractivity contribution in [2.75, 3.05) is 20.8 Å². The molecule has 19 heavy (non-hydrogen) atoms. The van der Waals surface area contributed by atoms with Gasteiger partial charge in [0.15, 0.2) is 0 Å². The Bertz CT molecular complexity index is 312. The molecule has 6 heteroatoms. The molecule has 0 aromatic rings. The number of esters is 1. The Hall–Kier alpha value is -1.40. The van der Waals surface area contributed by atoms with Crippen LogP contribution in [0.3, 0.4) is 0 Å². The molecular weight excluding hydrogens is 250 g/mol. The largest absolute Gasteiger partial charge is 0.467 e. The molecule has 0 aliphatic carbocycles. The normalized spacial score (nSPS) is 15.8. The highest BCUT2D eigenvalue weighted by Crippen LogP contribution is 2.08. The van der Waals surface area contributed by atoms with Gasteiger partial charge < -0.3 is 19.9 Å². The van der Waals surface area contributed by atoms with Gasteiger partial charge in [-0.15, -0.1) is 0 Å². The summed E-state index contributed by atoms with van der Waals surface area (Å²) in [6, 6.07) is -0.660. The number of rotatable bonds is 8. The van der Waals surface area contributed by atoms with E-state index >= 15 is 0 Å². The number of aliphatic hydroxyl groups excluding tert-OH is 1. The molecule has 0 aromatic heterocycles. The van der Waals surface area contributed by atoms with Crippen molar-refractivity contribution in [2.24, 2.45) is 5.92 Å². The van der Waals surface area contributed by atoms with Gasteiger partial charge in [0, 0.05) is 19.4 Å². The van der Waals surface area contributed by atoms with Gasteiger partial charge in [-0.3, -0.25) is 4.79 Å². The topological polar surface area (TPSA) is 84.9 Å². The summed E-state index contributed by atoms with van der Waals surface area (Å²) in [6.07, 6.45) is 3.36. The fraction of sp³-hybridized carbons (Fsp3) is 0.692. The first-order valence-corrected chi connectivity index (χ1v) is 6.13. The first-order chi connectivity index (χ1) is 8.96. The molecule has 0 radical (unpaired) electrons. The maximum Gasteiger partial charge on any atom is 0.328 e. The minimum absolute atomic E-state index is 0.000769. The minimum atomic E-state index is -0.660. The van der Waals surface area contributed by atoms with Gasteiger partial charge in [0.05, 0.1) is 19.8 Å². The first-order valence-electron chi connectivity index (χ1n) is 6.13. The van der Waals surface area contributed by atoms with Gasteiger partial charge in [0.1, 0.15) is 6.04 Å². The third kappa shape index (κ3) is 6.93. The summed E-state index contributed by atoms with van der Waals surface area (Å²) in [5.41, 5.74) is 0. The Morgan fingerprint density at radius 2 is 1.95 bits per heavy atom. The van der Waals surface area contributed by atoms with Gasteiger partial charge in [0.25, 0.3) is 0 Å². The Morgan fingerprint density at radius 3 is 2.42 bits per heavy atom. The number of hydrogen-bond donors (Lipinski definition) is 2. The van der Waals surface area contributed by atoms with Crippen LogP contribution in [-0.2, 0) is 19.1 Å². The van der Waals surface area contributed by atoms with Crippen molar-refractivity contribution < 1.29 is 24.2 Å².